The van der Waals surface area contributed by atoms with E-state index in [0.717, 1.165) is 0 Å². The molecular weight excluding hydrogens is 168 g/mol. The fraction of sp³-hybridized carbons (Fsp3) is 0.700. The molecule has 3 atom stereocenters. The van der Waals surface area contributed by atoms with Crippen molar-refractivity contribution >= 4 is 5.97 Å². The van der Waals surface area contributed by atoms with Gasteiger partial charge >= 0.3 is 5.97 Å². The molecule has 3 heteroatoms. The van der Waals surface area contributed by atoms with E-state index < -0.39 is 0 Å². The first-order valence-corrected chi connectivity index (χ1v) is 4.50. The Morgan fingerprint density at radius 3 is 2.62 bits per heavy atom. The number of hydrogen-bond acceptors (Lipinski definition) is 3. The molecule has 1 heterocycles. The van der Waals surface area contributed by atoms with E-state index in [2.05, 4.69) is 6.58 Å². The second kappa shape index (κ2) is 3.92. The van der Waals surface area contributed by atoms with E-state index >= 15 is 0 Å². The zero-order valence-electron chi connectivity index (χ0n) is 8.37. The third kappa shape index (κ3) is 2.31. The van der Waals surface area contributed by atoms with Crippen molar-refractivity contribution in [3.05, 3.63) is 12.2 Å². The second-order valence-corrected chi connectivity index (χ2v) is 3.59. The van der Waals surface area contributed by atoms with E-state index in [9.17, 15) is 4.79 Å². The van der Waals surface area contributed by atoms with Crippen molar-refractivity contribution < 1.29 is 14.3 Å². The lowest BCUT2D eigenvalue weighted by molar-refractivity contribution is -0.172. The second-order valence-electron chi connectivity index (χ2n) is 3.59. The van der Waals surface area contributed by atoms with Gasteiger partial charge in [0.1, 0.15) is 6.10 Å². The zero-order chi connectivity index (χ0) is 10.0. The summed E-state index contributed by atoms with van der Waals surface area (Å²) in [7, 11) is 0. The van der Waals surface area contributed by atoms with E-state index in [1.165, 1.54) is 0 Å². The van der Waals surface area contributed by atoms with E-state index in [4.69, 9.17) is 9.47 Å². The van der Waals surface area contributed by atoms with Crippen molar-refractivity contribution in [3.63, 3.8) is 0 Å². The largest absolute Gasteiger partial charge is 0.459 e. The molecule has 0 amide bonds. The van der Waals surface area contributed by atoms with E-state index in [-0.39, 0.29) is 18.2 Å². The van der Waals surface area contributed by atoms with E-state index in [1.54, 1.807) is 6.92 Å². The predicted octanol–water partition coefficient (Wildman–Crippen LogP) is 1.53. The molecule has 3 unspecified atom stereocenters. The summed E-state index contributed by atoms with van der Waals surface area (Å²) < 4.78 is 10.4. The van der Waals surface area contributed by atoms with Crippen LogP contribution in [-0.2, 0) is 14.3 Å². The van der Waals surface area contributed by atoms with Gasteiger partial charge < -0.3 is 9.47 Å². The Bertz CT molecular complexity index is 222. The van der Waals surface area contributed by atoms with Gasteiger partial charge in [-0.25, -0.2) is 4.79 Å². The summed E-state index contributed by atoms with van der Waals surface area (Å²) >= 11 is 0. The SMILES string of the molecule is C=C(C)C(=O)OC(C)C1COC1C. The van der Waals surface area contributed by atoms with Crippen LogP contribution >= 0.6 is 0 Å². The summed E-state index contributed by atoms with van der Waals surface area (Å²) in [6.07, 6.45) is 0.126. The van der Waals surface area contributed by atoms with Crippen LogP contribution in [0.5, 0.6) is 0 Å². The van der Waals surface area contributed by atoms with Crippen molar-refractivity contribution in [3.8, 4) is 0 Å². The van der Waals surface area contributed by atoms with Gasteiger partial charge in [-0.3, -0.25) is 0 Å². The van der Waals surface area contributed by atoms with Crippen LogP contribution in [0.3, 0.4) is 0 Å². The Hall–Kier alpha value is -0.830. The first kappa shape index (κ1) is 10.3. The topological polar surface area (TPSA) is 35.5 Å². The minimum atomic E-state index is -0.313. The van der Waals surface area contributed by atoms with Crippen LogP contribution < -0.4 is 0 Å². The van der Waals surface area contributed by atoms with Crippen LogP contribution in [-0.4, -0.2) is 24.8 Å². The van der Waals surface area contributed by atoms with Gasteiger partial charge in [-0.1, -0.05) is 6.58 Å². The maximum Gasteiger partial charge on any atom is 0.333 e. The van der Waals surface area contributed by atoms with Gasteiger partial charge in [-0.2, -0.15) is 0 Å². The highest BCUT2D eigenvalue weighted by molar-refractivity contribution is 5.87. The summed E-state index contributed by atoms with van der Waals surface area (Å²) in [6, 6.07) is 0. The molecule has 1 aliphatic rings. The summed E-state index contributed by atoms with van der Waals surface area (Å²) in [5, 5.41) is 0. The molecule has 0 saturated carbocycles. The maximum absolute atomic E-state index is 11.1. The summed E-state index contributed by atoms with van der Waals surface area (Å²) in [5.74, 6) is 0.0231. The Labute approximate surface area is 78.7 Å². The Kier molecular flexibility index (Phi) is 3.09. The van der Waals surface area contributed by atoms with Gasteiger partial charge in [0.25, 0.3) is 0 Å². The van der Waals surface area contributed by atoms with Crippen LogP contribution in [0.2, 0.25) is 0 Å². The number of hydrogen-bond donors (Lipinski definition) is 0. The molecule has 1 saturated heterocycles. The van der Waals surface area contributed by atoms with E-state index in [0.29, 0.717) is 18.1 Å². The number of carbonyl (C=O) groups excluding carboxylic acids is 1. The van der Waals surface area contributed by atoms with Gasteiger partial charge in [0.2, 0.25) is 0 Å². The Balaban J connectivity index is 2.36. The van der Waals surface area contributed by atoms with Crippen molar-refractivity contribution in [1.82, 2.24) is 0 Å². The quantitative estimate of drug-likeness (QED) is 0.493. The maximum atomic E-state index is 11.1. The molecule has 1 rings (SSSR count). The first-order valence-electron chi connectivity index (χ1n) is 4.50. The van der Waals surface area contributed by atoms with Crippen LogP contribution in [0, 0.1) is 5.92 Å². The highest BCUT2D eigenvalue weighted by Crippen LogP contribution is 2.25. The minimum absolute atomic E-state index is 0.0760. The molecule has 13 heavy (non-hydrogen) atoms. The molecule has 1 fully saturated rings. The third-order valence-electron chi connectivity index (χ3n) is 2.40. The fourth-order valence-electron chi connectivity index (χ4n) is 1.27. The van der Waals surface area contributed by atoms with Gasteiger partial charge in [-0.15, -0.1) is 0 Å². The molecule has 0 aromatic heterocycles. The molecular formula is C10H16O3. The molecule has 0 aromatic rings. The van der Waals surface area contributed by atoms with Crippen molar-refractivity contribution in [1.29, 1.82) is 0 Å². The monoisotopic (exact) mass is 184 g/mol. The van der Waals surface area contributed by atoms with Gasteiger partial charge in [0, 0.05) is 11.5 Å². The molecule has 3 nitrogen and oxygen atoms in total. The summed E-state index contributed by atoms with van der Waals surface area (Å²) in [6.45, 7) is 9.74. The van der Waals surface area contributed by atoms with Crippen molar-refractivity contribution in [2.24, 2.45) is 5.92 Å². The lowest BCUT2D eigenvalue weighted by atomic mass is 9.94. The van der Waals surface area contributed by atoms with E-state index in [1.807, 2.05) is 13.8 Å². The summed E-state index contributed by atoms with van der Waals surface area (Å²) in [4.78, 5) is 11.1. The molecule has 1 aliphatic heterocycles. The fourth-order valence-corrected chi connectivity index (χ4v) is 1.27. The van der Waals surface area contributed by atoms with Crippen molar-refractivity contribution in [2.75, 3.05) is 6.61 Å². The molecule has 0 aromatic carbocycles. The van der Waals surface area contributed by atoms with Crippen LogP contribution in [0.4, 0.5) is 0 Å². The van der Waals surface area contributed by atoms with Crippen LogP contribution in [0.25, 0.3) is 0 Å². The number of ether oxygens (including phenoxy) is 2. The first-order chi connectivity index (χ1) is 6.02. The molecule has 0 aliphatic carbocycles. The van der Waals surface area contributed by atoms with Gasteiger partial charge in [-0.05, 0) is 20.8 Å². The predicted molar refractivity (Wildman–Crippen MR) is 49.3 cm³/mol. The standard InChI is InChI=1S/C10H16O3/c1-6(2)10(11)13-8(4)9-5-12-7(9)3/h7-9H,1,5H2,2-4H3. The van der Waals surface area contributed by atoms with Crippen LogP contribution in [0.1, 0.15) is 20.8 Å². The highest BCUT2D eigenvalue weighted by Gasteiger charge is 2.34. The molecule has 0 radical (unpaired) electrons. The molecule has 74 valence electrons. The van der Waals surface area contributed by atoms with Crippen LogP contribution in [0.15, 0.2) is 12.2 Å². The number of esters is 1. The lowest BCUT2D eigenvalue weighted by Crippen LogP contribution is -2.45. The number of carbonyl (C=O) groups is 1. The third-order valence-corrected chi connectivity index (χ3v) is 2.40. The average Bonchev–Trinajstić information content (AvgIpc) is 2.01. The number of rotatable bonds is 3. The van der Waals surface area contributed by atoms with Gasteiger partial charge in [0.15, 0.2) is 0 Å². The normalized spacial score (nSPS) is 28.8. The summed E-state index contributed by atoms with van der Waals surface area (Å²) in [5.41, 5.74) is 0.444. The lowest BCUT2D eigenvalue weighted by Gasteiger charge is -2.37. The molecule has 0 N–H and O–H groups in total. The van der Waals surface area contributed by atoms with Gasteiger partial charge in [0.05, 0.1) is 12.7 Å². The minimum Gasteiger partial charge on any atom is -0.459 e. The highest BCUT2D eigenvalue weighted by atomic mass is 16.6. The zero-order valence-corrected chi connectivity index (χ0v) is 8.37. The smallest absolute Gasteiger partial charge is 0.333 e. The average molecular weight is 184 g/mol. The molecule has 0 spiro atoms. The Morgan fingerprint density at radius 2 is 2.31 bits per heavy atom. The molecule has 0 bridgehead atoms. The van der Waals surface area contributed by atoms with Crippen molar-refractivity contribution in [2.45, 2.75) is 33.0 Å². The Morgan fingerprint density at radius 1 is 1.69 bits per heavy atom.